The second-order valence-corrected chi connectivity index (χ2v) is 15.5. The van der Waals surface area contributed by atoms with Crippen LogP contribution < -0.4 is 0 Å². The zero-order chi connectivity index (χ0) is 42.9. The molecule has 0 unspecified atom stereocenters. The molecule has 0 bridgehead atoms. The molecule has 302 valence electrons. The van der Waals surface area contributed by atoms with Gasteiger partial charge in [-0.25, -0.2) is 15.0 Å². The predicted molar refractivity (Wildman–Crippen MR) is 260 cm³/mol. The van der Waals surface area contributed by atoms with Crippen molar-refractivity contribution in [2.45, 2.75) is 17.8 Å². The molecule has 3 heteroatoms. The molecule has 0 saturated heterocycles. The lowest BCUT2D eigenvalue weighted by Crippen LogP contribution is -2.31. The van der Waals surface area contributed by atoms with Crippen molar-refractivity contribution in [2.24, 2.45) is 0 Å². The first-order valence-electron chi connectivity index (χ1n) is 21.4. The van der Waals surface area contributed by atoms with Crippen molar-refractivity contribution >= 4 is 5.57 Å². The van der Waals surface area contributed by atoms with Crippen molar-refractivity contribution < 1.29 is 0 Å². The van der Waals surface area contributed by atoms with Crippen LogP contribution in [0.2, 0.25) is 0 Å². The van der Waals surface area contributed by atoms with E-state index in [-0.39, 0.29) is 0 Å². The Kier molecular flexibility index (Phi) is 11.7. The van der Waals surface area contributed by atoms with E-state index in [1.807, 2.05) is 25.2 Å². The molecule has 0 amide bonds. The van der Waals surface area contributed by atoms with E-state index in [2.05, 4.69) is 237 Å². The number of allylic oxidation sites excluding steroid dienone is 5. The molecule has 63 heavy (non-hydrogen) atoms. The van der Waals surface area contributed by atoms with E-state index >= 15 is 0 Å². The number of hydrogen-bond acceptors (Lipinski definition) is 3. The first-order valence-corrected chi connectivity index (χ1v) is 21.4. The van der Waals surface area contributed by atoms with Gasteiger partial charge in [0.2, 0.25) is 0 Å². The van der Waals surface area contributed by atoms with Crippen LogP contribution in [0.5, 0.6) is 0 Å². The summed E-state index contributed by atoms with van der Waals surface area (Å²) in [6.07, 6.45) is 7.75. The minimum atomic E-state index is -0.638. The zero-order valence-corrected chi connectivity index (χ0v) is 35.3. The highest BCUT2D eigenvalue weighted by molar-refractivity contribution is 5.75. The molecule has 0 aliphatic heterocycles. The van der Waals surface area contributed by atoms with Gasteiger partial charge in [-0.15, -0.1) is 0 Å². The summed E-state index contributed by atoms with van der Waals surface area (Å²) < 4.78 is 0. The van der Waals surface area contributed by atoms with E-state index in [0.717, 1.165) is 61.2 Å². The summed E-state index contributed by atoms with van der Waals surface area (Å²) >= 11 is 0. The highest BCUT2D eigenvalue weighted by Gasteiger charge is 2.40. The number of hydrogen-bond donors (Lipinski definition) is 0. The average Bonchev–Trinajstić information content (AvgIpc) is 3.36. The Morgan fingerprint density at radius 1 is 0.381 bits per heavy atom. The first kappa shape index (κ1) is 40.4. The Morgan fingerprint density at radius 3 is 0.968 bits per heavy atom. The van der Waals surface area contributed by atoms with Crippen LogP contribution in [0, 0.1) is 0 Å². The molecule has 0 aliphatic carbocycles. The van der Waals surface area contributed by atoms with Crippen molar-refractivity contribution in [3.8, 4) is 22.8 Å². The fourth-order valence-corrected chi connectivity index (χ4v) is 9.19. The van der Waals surface area contributed by atoms with Crippen LogP contribution in [0.25, 0.3) is 28.3 Å². The van der Waals surface area contributed by atoms with E-state index in [4.69, 9.17) is 15.0 Å². The molecule has 9 rings (SSSR count). The van der Waals surface area contributed by atoms with Gasteiger partial charge in [-0.2, -0.15) is 0 Å². The quantitative estimate of drug-likeness (QED) is 0.0860. The largest absolute Gasteiger partial charge is 0.208 e. The van der Waals surface area contributed by atoms with E-state index in [9.17, 15) is 0 Å². The standard InChI is InChI=1S/C60H47N3/c1-3-25-45(26-4-2)56-61-57(46-27-23-41-54(43-46)59(48-29-11-5-12-30-48,49-31-13-6-14-32-49)50-33-15-7-16-34-50)63-58(62-56)47-28-24-42-55(44-47)60(51-35-17-8-18-36-51,52-37-19-9-20-38-52)53-39-21-10-22-40-53/h3-44H,1H2,2H3/b26-4-,45-25+. The van der Waals surface area contributed by atoms with Crippen molar-refractivity contribution in [2.75, 3.05) is 0 Å². The number of benzene rings is 8. The maximum Gasteiger partial charge on any atom is 0.164 e. The predicted octanol–water partition coefficient (Wildman–Crippen LogP) is 14.1. The molecule has 0 saturated carbocycles. The third-order valence-corrected chi connectivity index (χ3v) is 11.9. The molecule has 0 atom stereocenters. The smallest absolute Gasteiger partial charge is 0.164 e. The fraction of sp³-hybridized carbons (Fsp3) is 0.0500. The Morgan fingerprint density at radius 2 is 0.683 bits per heavy atom. The van der Waals surface area contributed by atoms with Crippen LogP contribution >= 0.6 is 0 Å². The lowest BCUT2D eigenvalue weighted by atomic mass is 9.65. The van der Waals surface area contributed by atoms with Gasteiger partial charge in [0, 0.05) is 16.7 Å². The highest BCUT2D eigenvalue weighted by Crippen LogP contribution is 2.47. The number of aromatic nitrogens is 3. The van der Waals surface area contributed by atoms with Gasteiger partial charge in [0.05, 0.1) is 10.8 Å². The van der Waals surface area contributed by atoms with Crippen LogP contribution in [0.4, 0.5) is 0 Å². The van der Waals surface area contributed by atoms with Crippen molar-refractivity contribution in [3.63, 3.8) is 0 Å². The molecular weight excluding hydrogens is 763 g/mol. The number of rotatable bonds is 13. The highest BCUT2D eigenvalue weighted by atomic mass is 15.0. The Balaban J connectivity index is 1.29. The van der Waals surface area contributed by atoms with Crippen LogP contribution in [-0.4, -0.2) is 15.0 Å². The Bertz CT molecular complexity index is 2620. The SMILES string of the molecule is C=C/C=C(\C=C/C)c1nc(-c2cccc(C(c3ccccc3)(c3ccccc3)c3ccccc3)c2)nc(-c2cccc(C(c3ccccc3)(c3ccccc3)c3ccccc3)c2)n1. The average molecular weight is 810 g/mol. The maximum atomic E-state index is 5.36. The lowest BCUT2D eigenvalue weighted by Gasteiger charge is -2.37. The summed E-state index contributed by atoms with van der Waals surface area (Å²) in [7, 11) is 0. The minimum Gasteiger partial charge on any atom is -0.208 e. The van der Waals surface area contributed by atoms with Crippen LogP contribution in [0.3, 0.4) is 0 Å². The van der Waals surface area contributed by atoms with Gasteiger partial charge in [-0.1, -0.05) is 249 Å². The molecule has 8 aromatic carbocycles. The molecular formula is C60H47N3. The summed E-state index contributed by atoms with van der Waals surface area (Å²) in [5, 5.41) is 0. The monoisotopic (exact) mass is 809 g/mol. The maximum absolute atomic E-state index is 5.36. The zero-order valence-electron chi connectivity index (χ0n) is 35.3. The molecule has 1 heterocycles. The van der Waals surface area contributed by atoms with E-state index in [1.165, 1.54) is 0 Å². The van der Waals surface area contributed by atoms with Gasteiger partial charge in [0.15, 0.2) is 17.5 Å². The summed E-state index contributed by atoms with van der Waals surface area (Å²) in [6.45, 7) is 6.04. The summed E-state index contributed by atoms with van der Waals surface area (Å²) in [6, 6.07) is 82.0. The van der Waals surface area contributed by atoms with Gasteiger partial charge in [0.1, 0.15) is 0 Å². The van der Waals surface area contributed by atoms with Crippen LogP contribution in [-0.2, 0) is 10.8 Å². The second-order valence-electron chi connectivity index (χ2n) is 15.5. The fourth-order valence-electron chi connectivity index (χ4n) is 9.19. The number of nitrogens with zero attached hydrogens (tertiary/aromatic N) is 3. The van der Waals surface area contributed by atoms with E-state index in [0.29, 0.717) is 17.5 Å². The lowest BCUT2D eigenvalue weighted by molar-refractivity contribution is 0.745. The summed E-state index contributed by atoms with van der Waals surface area (Å²) in [5.41, 5.74) is 10.5. The second kappa shape index (κ2) is 18.3. The molecule has 1 aromatic heterocycles. The Labute approximate surface area is 371 Å². The van der Waals surface area contributed by atoms with Gasteiger partial charge in [-0.3, -0.25) is 0 Å². The molecule has 0 N–H and O–H groups in total. The van der Waals surface area contributed by atoms with E-state index < -0.39 is 10.8 Å². The Hall–Kier alpha value is -8.01. The normalized spacial score (nSPS) is 12.0. The molecule has 0 fully saturated rings. The topological polar surface area (TPSA) is 38.7 Å². The van der Waals surface area contributed by atoms with E-state index in [1.54, 1.807) is 6.08 Å². The van der Waals surface area contributed by atoms with Gasteiger partial charge in [0.25, 0.3) is 0 Å². The van der Waals surface area contributed by atoms with Crippen molar-refractivity contribution in [1.82, 2.24) is 15.0 Å². The molecule has 3 nitrogen and oxygen atoms in total. The van der Waals surface area contributed by atoms with Gasteiger partial charge >= 0.3 is 0 Å². The third-order valence-electron chi connectivity index (χ3n) is 11.9. The summed E-state index contributed by atoms with van der Waals surface area (Å²) in [4.78, 5) is 15.8. The van der Waals surface area contributed by atoms with Gasteiger partial charge in [-0.05, 0) is 63.6 Å². The van der Waals surface area contributed by atoms with Crippen molar-refractivity contribution in [1.29, 1.82) is 0 Å². The van der Waals surface area contributed by atoms with Crippen molar-refractivity contribution in [3.05, 3.63) is 312 Å². The first-order chi connectivity index (χ1) is 31.2. The molecule has 0 radical (unpaired) electrons. The van der Waals surface area contributed by atoms with Crippen LogP contribution in [0.1, 0.15) is 57.3 Å². The van der Waals surface area contributed by atoms with Gasteiger partial charge < -0.3 is 0 Å². The minimum absolute atomic E-state index is 0.560. The third kappa shape index (κ3) is 7.66. The van der Waals surface area contributed by atoms with Crippen LogP contribution in [0.15, 0.2) is 261 Å². The molecule has 9 aromatic rings. The molecule has 0 spiro atoms. The summed E-state index contributed by atoms with van der Waals surface area (Å²) in [5.74, 6) is 1.71. The molecule has 0 aliphatic rings.